The molecule has 2 aliphatic heterocycles. The number of rotatable bonds is 14. The van der Waals surface area contributed by atoms with Crippen molar-refractivity contribution in [3.8, 4) is 0 Å². The molecule has 5 heterocycles. The molecule has 0 radical (unpaired) electrons. The van der Waals surface area contributed by atoms with E-state index in [9.17, 15) is 26.4 Å². The Bertz CT molecular complexity index is 3470. The lowest BCUT2D eigenvalue weighted by Crippen LogP contribution is -2.24. The number of aryl methyl sites for hydroxylation is 2. The van der Waals surface area contributed by atoms with E-state index >= 15 is 0 Å². The molecule has 7 rings (SSSR count). The van der Waals surface area contributed by atoms with Crippen LogP contribution < -0.4 is 33.6 Å². The lowest BCUT2D eigenvalue weighted by Gasteiger charge is -2.09. The molecule has 18 nitrogen and oxygen atoms in total. The van der Waals surface area contributed by atoms with Gasteiger partial charge in [0.1, 0.15) is 0 Å². The number of carbonyl (C=O) groups excluding carboxylic acids is 2. The zero-order valence-electron chi connectivity index (χ0n) is 37.7. The predicted octanol–water partition coefficient (Wildman–Crippen LogP) is 6.84. The van der Waals surface area contributed by atoms with Gasteiger partial charge >= 0.3 is 0 Å². The summed E-state index contributed by atoms with van der Waals surface area (Å²) in [4.78, 5) is 44.1. The van der Waals surface area contributed by atoms with Gasteiger partial charge in [-0.3, -0.25) is 9.59 Å². The number of nitrogens with zero attached hydrogens (tertiary/aromatic N) is 4. The second-order valence-corrected chi connectivity index (χ2v) is 19.3. The molecule has 0 saturated heterocycles. The number of aromatic amines is 2. The van der Waals surface area contributed by atoms with Gasteiger partial charge in [0.2, 0.25) is 23.7 Å². The van der Waals surface area contributed by atoms with Crippen LogP contribution in [0.25, 0.3) is 56.5 Å². The molecular formula is C48H50N12O6S2. The number of benzene rings is 2. The van der Waals surface area contributed by atoms with E-state index in [1.165, 1.54) is 48.5 Å². The monoisotopic (exact) mass is 954 g/mol. The lowest BCUT2D eigenvalue weighted by atomic mass is 9.98. The average Bonchev–Trinajstić information content (AvgIpc) is 3.93. The minimum absolute atomic E-state index is 0.0417. The van der Waals surface area contributed by atoms with Crippen molar-refractivity contribution in [1.29, 1.82) is 0 Å². The zero-order valence-corrected chi connectivity index (χ0v) is 39.3. The number of nitrogens with two attached hydrogens (primary N) is 4. The zero-order chi connectivity index (χ0) is 49.2. The van der Waals surface area contributed by atoms with E-state index in [0.29, 0.717) is 34.2 Å². The van der Waals surface area contributed by atoms with Gasteiger partial charge < -0.3 is 43.5 Å². The SMILES string of the molecule is C=Cc1c(C)c2cc3[nH]c(cc4nc(cc5nc(cc1[nH]2)C(C)=C5CCC(=O)Nc1ccc(S(=O)(=O)N=C(N)N)cc1)C(CCC(=O)Nc1ccc(S(=O)(=O)N=C(N)N)cc1)=C4C)c(C)c3C=C. The fraction of sp³-hybridized carbons (Fsp3) is 0.167. The topological polar surface area (TPSA) is 313 Å². The second kappa shape index (κ2) is 19.0. The fourth-order valence-corrected chi connectivity index (χ4v) is 9.76. The molecular weight excluding hydrogens is 905 g/mol. The highest BCUT2D eigenvalue weighted by Gasteiger charge is 2.24. The first-order valence-electron chi connectivity index (χ1n) is 21.1. The van der Waals surface area contributed by atoms with Gasteiger partial charge in [-0.15, -0.1) is 8.80 Å². The molecule has 2 amide bonds. The number of guanidine groups is 2. The molecule has 0 fully saturated rings. The van der Waals surface area contributed by atoms with Gasteiger partial charge in [-0.05, 0) is 147 Å². The molecule has 2 aromatic carbocycles. The third-order valence-corrected chi connectivity index (χ3v) is 14.2. The van der Waals surface area contributed by atoms with Crippen molar-refractivity contribution < 1.29 is 26.4 Å². The first kappa shape index (κ1) is 47.9. The highest BCUT2D eigenvalue weighted by Crippen LogP contribution is 2.38. The van der Waals surface area contributed by atoms with Crippen molar-refractivity contribution in [2.75, 3.05) is 10.6 Å². The summed E-state index contributed by atoms with van der Waals surface area (Å²) in [6, 6.07) is 18.8. The van der Waals surface area contributed by atoms with E-state index in [4.69, 9.17) is 32.9 Å². The van der Waals surface area contributed by atoms with Crippen molar-refractivity contribution in [3.05, 3.63) is 131 Å². The Hall–Kier alpha value is -8.10. The molecule has 8 bridgehead atoms. The van der Waals surface area contributed by atoms with E-state index in [-0.39, 0.29) is 47.3 Å². The van der Waals surface area contributed by atoms with E-state index in [1.807, 2.05) is 58.0 Å². The Morgan fingerprint density at radius 2 is 0.941 bits per heavy atom. The summed E-state index contributed by atoms with van der Waals surface area (Å²) in [7, 11) is -8.24. The van der Waals surface area contributed by atoms with Crippen LogP contribution in [0, 0.1) is 13.8 Å². The van der Waals surface area contributed by atoms with Crippen LogP contribution in [0.4, 0.5) is 11.4 Å². The van der Waals surface area contributed by atoms with Gasteiger partial charge in [-0.2, -0.15) is 16.8 Å². The van der Waals surface area contributed by atoms with Gasteiger partial charge in [0.25, 0.3) is 20.0 Å². The van der Waals surface area contributed by atoms with E-state index in [0.717, 1.165) is 66.6 Å². The van der Waals surface area contributed by atoms with Crippen molar-refractivity contribution in [2.24, 2.45) is 31.7 Å². The Labute approximate surface area is 392 Å². The Morgan fingerprint density at radius 1 is 0.574 bits per heavy atom. The van der Waals surface area contributed by atoms with E-state index < -0.39 is 32.0 Å². The molecule has 0 aliphatic carbocycles. The van der Waals surface area contributed by atoms with Gasteiger partial charge in [0, 0.05) is 57.4 Å². The van der Waals surface area contributed by atoms with Crippen molar-refractivity contribution in [3.63, 3.8) is 0 Å². The van der Waals surface area contributed by atoms with Crippen LogP contribution in [0.15, 0.2) is 105 Å². The molecule has 0 saturated carbocycles. The number of fused-ring (bicyclic) bond motifs is 8. The maximum absolute atomic E-state index is 13.5. The number of hydrogen-bond acceptors (Lipinski definition) is 8. The molecule has 3 aromatic heterocycles. The quantitative estimate of drug-likeness (QED) is 0.0419. The lowest BCUT2D eigenvalue weighted by molar-refractivity contribution is -0.116. The summed E-state index contributed by atoms with van der Waals surface area (Å²) in [6.45, 7) is 16.1. The molecule has 20 heteroatoms. The first-order valence-corrected chi connectivity index (χ1v) is 24.0. The van der Waals surface area contributed by atoms with Crippen LogP contribution in [0.2, 0.25) is 0 Å². The third-order valence-electron chi connectivity index (χ3n) is 11.6. The number of amides is 2. The molecule has 12 N–H and O–H groups in total. The van der Waals surface area contributed by atoms with Crippen molar-refractivity contribution in [2.45, 2.75) is 63.2 Å². The normalized spacial score (nSPS) is 12.6. The van der Waals surface area contributed by atoms with E-state index in [1.54, 1.807) is 6.08 Å². The van der Waals surface area contributed by atoms with Crippen LogP contribution in [0.3, 0.4) is 0 Å². The number of H-pyrrole nitrogens is 2. The molecule has 0 unspecified atom stereocenters. The molecule has 350 valence electrons. The summed E-state index contributed by atoms with van der Waals surface area (Å²) in [5.74, 6) is -1.86. The summed E-state index contributed by atoms with van der Waals surface area (Å²) < 4.78 is 56.3. The Kier molecular flexibility index (Phi) is 13.4. The molecule has 0 atom stereocenters. The predicted molar refractivity (Wildman–Crippen MR) is 270 cm³/mol. The van der Waals surface area contributed by atoms with Gasteiger partial charge in [-0.25, -0.2) is 9.97 Å². The Morgan fingerprint density at radius 3 is 1.32 bits per heavy atom. The largest absolute Gasteiger partial charge is 0.369 e. The van der Waals surface area contributed by atoms with Gasteiger partial charge in [0.05, 0.1) is 32.6 Å². The highest BCUT2D eigenvalue weighted by molar-refractivity contribution is 7.90. The summed E-state index contributed by atoms with van der Waals surface area (Å²) >= 11 is 0. The Balaban J connectivity index is 1.28. The molecule has 2 aliphatic rings. The standard InChI is InChI=1S/C48H50N12O6S2/c1-7-33-25(3)37-21-38-27(5)35(17-19-45(61)53-29-9-13-31(14-10-29)67(63,64)59-47(49)50)43(57-38)24-44-36(18-20-46(62)54-30-11-15-32(16-12-30)68(65,66)60-48(51)52)28(6)40(58-44)23-42-34(8-2)26(4)39(56-42)22-41(33)55-37/h7-16,21-24,55-56H,1-2,17-20H2,3-6H3,(H,53,61)(H,54,62)(H4,49,50,59)(H4,51,52,60). The van der Waals surface area contributed by atoms with E-state index in [2.05, 4.69) is 42.6 Å². The number of aromatic nitrogens is 4. The molecule has 68 heavy (non-hydrogen) atoms. The minimum Gasteiger partial charge on any atom is -0.369 e. The number of sulfonamides is 2. The number of nitrogens with one attached hydrogen (secondary N) is 4. The number of allylic oxidation sites excluding steroid dienone is 4. The smallest absolute Gasteiger partial charge is 0.285 e. The fourth-order valence-electron chi connectivity index (χ4n) is 8.03. The summed E-state index contributed by atoms with van der Waals surface area (Å²) in [6.07, 6.45) is 4.24. The van der Waals surface area contributed by atoms with Crippen LogP contribution in [-0.2, 0) is 29.6 Å². The third kappa shape index (κ3) is 10.1. The summed E-state index contributed by atoms with van der Waals surface area (Å²) in [5.41, 5.74) is 34.7. The number of hydrogen-bond donors (Lipinski definition) is 8. The maximum atomic E-state index is 13.5. The summed E-state index contributed by atoms with van der Waals surface area (Å²) in [5, 5.41) is 5.66. The minimum atomic E-state index is -4.12. The van der Waals surface area contributed by atoms with Gasteiger partial charge in [0.15, 0.2) is 0 Å². The van der Waals surface area contributed by atoms with Crippen molar-refractivity contribution >= 4 is 112 Å². The van der Waals surface area contributed by atoms with Gasteiger partial charge in [-0.1, -0.05) is 25.3 Å². The number of anilines is 2. The second-order valence-electron chi connectivity index (χ2n) is 16.1. The van der Waals surface area contributed by atoms with Crippen LogP contribution >= 0.6 is 0 Å². The maximum Gasteiger partial charge on any atom is 0.285 e. The average molecular weight is 955 g/mol. The molecule has 5 aromatic rings. The van der Waals surface area contributed by atoms with Crippen LogP contribution in [-0.4, -0.2) is 60.5 Å². The first-order chi connectivity index (χ1) is 32.2. The van der Waals surface area contributed by atoms with Crippen molar-refractivity contribution in [1.82, 2.24) is 19.9 Å². The highest BCUT2D eigenvalue weighted by atomic mass is 32.2. The molecule has 0 spiro atoms. The van der Waals surface area contributed by atoms with Crippen LogP contribution in [0.1, 0.15) is 84.6 Å². The van der Waals surface area contributed by atoms with Crippen LogP contribution in [0.5, 0.6) is 0 Å². The number of carbonyl (C=O) groups is 2.